The molecule has 9 heteroatoms. The van der Waals surface area contributed by atoms with Crippen molar-refractivity contribution in [3.8, 4) is 11.1 Å². The van der Waals surface area contributed by atoms with E-state index in [2.05, 4.69) is 10.4 Å². The summed E-state index contributed by atoms with van der Waals surface area (Å²) in [4.78, 5) is 16.0. The van der Waals surface area contributed by atoms with E-state index in [1.54, 1.807) is 28.8 Å². The highest BCUT2D eigenvalue weighted by Gasteiger charge is 2.56. The van der Waals surface area contributed by atoms with Crippen LogP contribution in [0.5, 0.6) is 0 Å². The van der Waals surface area contributed by atoms with Crippen molar-refractivity contribution in [1.29, 1.82) is 5.41 Å². The van der Waals surface area contributed by atoms with Crippen LogP contribution < -0.4 is 10.2 Å². The Kier molecular flexibility index (Phi) is 5.63. The van der Waals surface area contributed by atoms with Gasteiger partial charge in [-0.05, 0) is 43.4 Å². The lowest BCUT2D eigenvalue weighted by Gasteiger charge is -2.37. The number of nitrogens with zero attached hydrogens (tertiary/aromatic N) is 4. The van der Waals surface area contributed by atoms with Gasteiger partial charge in [-0.3, -0.25) is 14.9 Å². The first-order valence-corrected chi connectivity index (χ1v) is 12.8. The number of amides is 1. The average Bonchev–Trinajstić information content (AvgIpc) is 3.15. The van der Waals surface area contributed by atoms with Crippen LogP contribution in [0.1, 0.15) is 38.2 Å². The fourth-order valence-electron chi connectivity index (χ4n) is 6.01. The molecule has 2 fully saturated rings. The monoisotopic (exact) mass is 492 g/mol. The smallest absolute Gasteiger partial charge is 0.219 e. The van der Waals surface area contributed by atoms with Crippen molar-refractivity contribution in [3.63, 3.8) is 0 Å². The number of fused-ring (bicyclic) bond motifs is 1. The van der Waals surface area contributed by atoms with Crippen molar-refractivity contribution < 1.29 is 13.9 Å². The lowest BCUT2D eigenvalue weighted by molar-refractivity contribution is -0.128. The number of aromatic nitrogens is 2. The summed E-state index contributed by atoms with van der Waals surface area (Å²) in [5.41, 5.74) is 5.17. The van der Waals surface area contributed by atoms with Crippen molar-refractivity contribution >= 4 is 17.4 Å². The quantitative estimate of drug-likeness (QED) is 0.506. The maximum absolute atomic E-state index is 15.3. The molecule has 1 saturated heterocycles. The maximum Gasteiger partial charge on any atom is 0.219 e. The number of rotatable bonds is 4. The maximum atomic E-state index is 15.3. The van der Waals surface area contributed by atoms with Crippen molar-refractivity contribution in [2.75, 3.05) is 37.7 Å². The van der Waals surface area contributed by atoms with Crippen LogP contribution in [0.2, 0.25) is 0 Å². The summed E-state index contributed by atoms with van der Waals surface area (Å²) in [5.74, 6) is 0.0527. The number of amidine groups is 1. The molecule has 36 heavy (non-hydrogen) atoms. The first kappa shape index (κ1) is 23.2. The van der Waals surface area contributed by atoms with E-state index < -0.39 is 0 Å². The molecule has 1 aliphatic carbocycles. The van der Waals surface area contributed by atoms with Gasteiger partial charge in [0.1, 0.15) is 11.7 Å². The largest absolute Gasteiger partial charge is 0.384 e. The van der Waals surface area contributed by atoms with Crippen LogP contribution in [-0.4, -0.2) is 65.3 Å². The van der Waals surface area contributed by atoms with Gasteiger partial charge in [0.2, 0.25) is 5.91 Å². The third-order valence-electron chi connectivity index (χ3n) is 8.32. The molecule has 2 aromatic rings. The van der Waals surface area contributed by atoms with E-state index in [-0.39, 0.29) is 17.1 Å². The molecule has 6 rings (SSSR count). The zero-order chi connectivity index (χ0) is 25.0. The minimum atomic E-state index is -0.316. The summed E-state index contributed by atoms with van der Waals surface area (Å²) in [6, 6.07) is 3.83. The van der Waals surface area contributed by atoms with E-state index in [9.17, 15) is 10.2 Å². The van der Waals surface area contributed by atoms with E-state index in [1.807, 2.05) is 24.2 Å². The van der Waals surface area contributed by atoms with Crippen LogP contribution in [0.15, 0.2) is 35.8 Å². The van der Waals surface area contributed by atoms with Gasteiger partial charge in [-0.2, -0.15) is 5.10 Å². The van der Waals surface area contributed by atoms with E-state index >= 15 is 4.39 Å². The predicted octanol–water partition coefficient (Wildman–Crippen LogP) is 3.23. The number of carbonyl (C=O) groups excluding carboxylic acids is 1. The molecule has 2 unspecified atom stereocenters. The highest BCUT2D eigenvalue weighted by molar-refractivity contribution is 6.09. The molecule has 0 bridgehead atoms. The van der Waals surface area contributed by atoms with Gasteiger partial charge in [-0.1, -0.05) is 0 Å². The highest BCUT2D eigenvalue weighted by atomic mass is 19.1. The van der Waals surface area contributed by atoms with Crippen LogP contribution in [0, 0.1) is 16.6 Å². The number of hydrogen-bond donors (Lipinski definition) is 2. The second-order valence-corrected chi connectivity index (χ2v) is 10.7. The molecular formula is C27H33FN6O2. The minimum Gasteiger partial charge on any atom is -0.384 e. The first-order chi connectivity index (χ1) is 17.3. The standard InChI is InChI=1S/C27H33FN6O2/c1-17(35)33-8-5-23(31-25-12-27(25)6-9-36-16-27)21(15-33)26(29)34-7-3-4-18-10-20(22(28)11-24(18)34)19-13-30-32(2)14-19/h10-11,13-14,25,29,31H,3-9,12,15-16H2,1-2H3. The summed E-state index contributed by atoms with van der Waals surface area (Å²) in [7, 11) is 1.82. The van der Waals surface area contributed by atoms with Crippen LogP contribution in [-0.2, 0) is 23.0 Å². The number of hydrogen-bond acceptors (Lipinski definition) is 5. The van der Waals surface area contributed by atoms with Crippen molar-refractivity contribution in [2.24, 2.45) is 12.5 Å². The Labute approximate surface area is 210 Å². The Bertz CT molecular complexity index is 1260. The SMILES string of the molecule is CC(=O)N1CCC(NC2CC23CCOC3)=C(C(=N)N2CCCc3cc(-c4cnn(C)c4)c(F)cc32)C1. The zero-order valence-electron chi connectivity index (χ0n) is 20.9. The van der Waals surface area contributed by atoms with Gasteiger partial charge in [0.25, 0.3) is 0 Å². The molecule has 1 aromatic carbocycles. The molecule has 1 saturated carbocycles. The first-order valence-electron chi connectivity index (χ1n) is 12.8. The molecule has 8 nitrogen and oxygen atoms in total. The Morgan fingerprint density at radius 1 is 1.31 bits per heavy atom. The average molecular weight is 493 g/mol. The Hall–Kier alpha value is -3.20. The van der Waals surface area contributed by atoms with Crippen LogP contribution in [0.3, 0.4) is 0 Å². The molecule has 2 N–H and O–H groups in total. The number of carbonyl (C=O) groups is 1. The highest BCUT2D eigenvalue weighted by Crippen LogP contribution is 2.52. The Morgan fingerprint density at radius 3 is 2.89 bits per heavy atom. The number of ether oxygens (including phenoxy) is 1. The summed E-state index contributed by atoms with van der Waals surface area (Å²) in [5, 5.41) is 17.2. The summed E-state index contributed by atoms with van der Waals surface area (Å²) < 4.78 is 22.6. The van der Waals surface area contributed by atoms with Crippen molar-refractivity contribution in [3.05, 3.63) is 47.2 Å². The number of anilines is 1. The van der Waals surface area contributed by atoms with Gasteiger partial charge in [-0.15, -0.1) is 0 Å². The molecule has 190 valence electrons. The Balaban J connectivity index is 1.32. The van der Waals surface area contributed by atoms with Gasteiger partial charge in [0.05, 0.1) is 19.3 Å². The molecule has 1 amide bonds. The third-order valence-corrected chi connectivity index (χ3v) is 8.32. The minimum absolute atomic E-state index is 0.0117. The lowest BCUT2D eigenvalue weighted by Crippen LogP contribution is -2.45. The topological polar surface area (TPSA) is 86.5 Å². The second kappa shape index (κ2) is 8.73. The Morgan fingerprint density at radius 2 is 2.17 bits per heavy atom. The molecule has 4 heterocycles. The molecule has 4 aliphatic rings. The van der Waals surface area contributed by atoms with Gasteiger partial charge in [-0.25, -0.2) is 4.39 Å². The third kappa shape index (κ3) is 3.99. The van der Waals surface area contributed by atoms with Crippen molar-refractivity contribution in [2.45, 2.75) is 45.1 Å². The van der Waals surface area contributed by atoms with Crippen LogP contribution in [0.25, 0.3) is 11.1 Å². The number of aryl methyl sites for hydroxylation is 2. The fourth-order valence-corrected chi connectivity index (χ4v) is 6.01. The van der Waals surface area contributed by atoms with E-state index in [0.29, 0.717) is 43.5 Å². The van der Waals surface area contributed by atoms with Gasteiger partial charge in [0.15, 0.2) is 0 Å². The second-order valence-electron chi connectivity index (χ2n) is 10.7. The zero-order valence-corrected chi connectivity index (χ0v) is 20.9. The number of halogens is 1. The van der Waals surface area contributed by atoms with E-state index in [1.165, 1.54) is 0 Å². The van der Waals surface area contributed by atoms with Gasteiger partial charge >= 0.3 is 0 Å². The van der Waals surface area contributed by atoms with Gasteiger partial charge < -0.3 is 19.9 Å². The summed E-state index contributed by atoms with van der Waals surface area (Å²) >= 11 is 0. The molecule has 3 aliphatic heterocycles. The van der Waals surface area contributed by atoms with E-state index in [0.717, 1.165) is 67.0 Å². The van der Waals surface area contributed by atoms with Crippen LogP contribution >= 0.6 is 0 Å². The molecule has 1 aromatic heterocycles. The summed E-state index contributed by atoms with van der Waals surface area (Å²) in [6.45, 7) is 4.88. The van der Waals surface area contributed by atoms with Crippen LogP contribution in [0.4, 0.5) is 10.1 Å². The number of nitrogens with one attached hydrogen (secondary N) is 2. The fraction of sp³-hybridized carbons (Fsp3) is 0.519. The normalized spacial score (nSPS) is 25.4. The van der Waals surface area contributed by atoms with Gasteiger partial charge in [0, 0.05) is 85.8 Å². The summed E-state index contributed by atoms with van der Waals surface area (Å²) in [6.07, 6.45) is 8.05. The number of benzene rings is 1. The molecule has 0 radical (unpaired) electrons. The van der Waals surface area contributed by atoms with E-state index in [4.69, 9.17) is 4.74 Å². The molecular weight excluding hydrogens is 459 g/mol. The van der Waals surface area contributed by atoms with Crippen molar-refractivity contribution in [1.82, 2.24) is 20.0 Å². The lowest BCUT2D eigenvalue weighted by atomic mass is 9.95. The molecule has 1 spiro atoms. The molecule has 2 atom stereocenters. The predicted molar refractivity (Wildman–Crippen MR) is 135 cm³/mol.